The van der Waals surface area contributed by atoms with Crippen molar-refractivity contribution in [2.24, 2.45) is 5.92 Å². The molecule has 7 heteroatoms. The highest BCUT2D eigenvalue weighted by Gasteiger charge is 2.21. The molecule has 18 heavy (non-hydrogen) atoms. The van der Waals surface area contributed by atoms with Gasteiger partial charge in [-0.25, -0.2) is 18.1 Å². The number of nitrogens with one attached hydrogen (secondary N) is 2. The Balaban J connectivity index is 2.62. The van der Waals surface area contributed by atoms with Crippen LogP contribution in [0, 0.1) is 12.8 Å². The standard InChI is InChI=1S/C11H20BrN3O2S/c1-4-9(5-2)10(12)6-14-18(16,17)11-7-13-8(3)15-11/h7,9-10,14H,4-6H2,1-3H3,(H,13,15). The molecule has 1 aromatic rings. The fourth-order valence-corrected chi connectivity index (χ4v) is 3.92. The molecule has 5 nitrogen and oxygen atoms in total. The van der Waals surface area contributed by atoms with E-state index in [0.29, 0.717) is 18.3 Å². The van der Waals surface area contributed by atoms with E-state index in [4.69, 9.17) is 0 Å². The van der Waals surface area contributed by atoms with E-state index in [2.05, 4.69) is 44.5 Å². The zero-order valence-corrected chi connectivity index (χ0v) is 13.3. The van der Waals surface area contributed by atoms with Crippen molar-refractivity contribution < 1.29 is 8.42 Å². The Morgan fingerprint density at radius 2 is 2.06 bits per heavy atom. The lowest BCUT2D eigenvalue weighted by atomic mass is 10.00. The SMILES string of the molecule is CCC(CC)C(Br)CNS(=O)(=O)c1cnc(C)[nH]1. The number of aryl methyl sites for hydroxylation is 1. The van der Waals surface area contributed by atoms with Crippen LogP contribution in [-0.2, 0) is 10.0 Å². The summed E-state index contributed by atoms with van der Waals surface area (Å²) in [6.07, 6.45) is 3.38. The van der Waals surface area contributed by atoms with Gasteiger partial charge in [-0.3, -0.25) is 0 Å². The monoisotopic (exact) mass is 337 g/mol. The van der Waals surface area contributed by atoms with Crippen LogP contribution < -0.4 is 4.72 Å². The Morgan fingerprint density at radius 1 is 1.44 bits per heavy atom. The average molecular weight is 338 g/mol. The molecule has 1 rings (SSSR count). The third-order valence-corrected chi connectivity index (χ3v) is 5.40. The molecule has 1 atom stereocenters. The Hall–Kier alpha value is -0.400. The van der Waals surface area contributed by atoms with Crippen LogP contribution in [0.4, 0.5) is 0 Å². The Bertz CT molecular complexity index is 468. The molecule has 0 saturated carbocycles. The van der Waals surface area contributed by atoms with Crippen LogP contribution in [0.5, 0.6) is 0 Å². The molecule has 1 aromatic heterocycles. The summed E-state index contributed by atoms with van der Waals surface area (Å²) in [7, 11) is -3.48. The van der Waals surface area contributed by atoms with Gasteiger partial charge in [0.1, 0.15) is 5.82 Å². The second-order valence-electron chi connectivity index (χ2n) is 4.28. The molecule has 1 unspecified atom stereocenters. The third kappa shape index (κ3) is 4.07. The molecule has 0 aromatic carbocycles. The lowest BCUT2D eigenvalue weighted by Gasteiger charge is -2.19. The summed E-state index contributed by atoms with van der Waals surface area (Å²) in [5.74, 6) is 1.06. The molecular weight excluding hydrogens is 318 g/mol. The molecule has 1 heterocycles. The van der Waals surface area contributed by atoms with Crippen molar-refractivity contribution >= 4 is 26.0 Å². The summed E-state index contributed by atoms with van der Waals surface area (Å²) < 4.78 is 26.5. The first-order valence-corrected chi connectivity index (χ1v) is 8.45. The number of halogens is 1. The summed E-state index contributed by atoms with van der Waals surface area (Å²) in [6, 6.07) is 0. The number of sulfonamides is 1. The molecule has 0 saturated heterocycles. The van der Waals surface area contributed by atoms with Crippen molar-refractivity contribution in [1.82, 2.24) is 14.7 Å². The largest absolute Gasteiger partial charge is 0.332 e. The molecule has 0 fully saturated rings. The van der Waals surface area contributed by atoms with E-state index < -0.39 is 10.0 Å². The fraction of sp³-hybridized carbons (Fsp3) is 0.727. The second kappa shape index (κ2) is 6.68. The van der Waals surface area contributed by atoms with Crippen LogP contribution in [0.25, 0.3) is 0 Å². The summed E-state index contributed by atoms with van der Waals surface area (Å²) in [5.41, 5.74) is 0. The van der Waals surface area contributed by atoms with Gasteiger partial charge >= 0.3 is 0 Å². The topological polar surface area (TPSA) is 74.8 Å². The van der Waals surface area contributed by atoms with Crippen molar-refractivity contribution in [1.29, 1.82) is 0 Å². The van der Waals surface area contributed by atoms with E-state index >= 15 is 0 Å². The maximum atomic E-state index is 11.9. The normalized spacial score (nSPS) is 14.1. The number of alkyl halides is 1. The lowest BCUT2D eigenvalue weighted by molar-refractivity contribution is 0.470. The molecule has 0 spiro atoms. The Kier molecular flexibility index (Phi) is 5.81. The predicted octanol–water partition coefficient (Wildman–Crippen LogP) is 2.20. The van der Waals surface area contributed by atoms with Gasteiger partial charge in [-0.1, -0.05) is 42.6 Å². The molecule has 2 N–H and O–H groups in total. The quantitative estimate of drug-likeness (QED) is 0.749. The summed E-state index contributed by atoms with van der Waals surface area (Å²) in [6.45, 7) is 6.31. The first-order valence-electron chi connectivity index (χ1n) is 6.06. The predicted molar refractivity (Wildman–Crippen MR) is 75.3 cm³/mol. The molecular formula is C11H20BrN3O2S. The number of aromatic amines is 1. The molecule has 0 aliphatic rings. The molecule has 0 radical (unpaired) electrons. The molecule has 0 aliphatic heterocycles. The van der Waals surface area contributed by atoms with Crippen LogP contribution in [0.3, 0.4) is 0 Å². The summed E-state index contributed by atoms with van der Waals surface area (Å²) in [5, 5.41) is 0.115. The van der Waals surface area contributed by atoms with Gasteiger partial charge < -0.3 is 4.98 Å². The Labute approximate surface area is 117 Å². The van der Waals surface area contributed by atoms with Gasteiger partial charge in [0.2, 0.25) is 0 Å². The number of nitrogens with zero attached hydrogens (tertiary/aromatic N) is 1. The van der Waals surface area contributed by atoms with Crippen molar-refractivity contribution in [3.63, 3.8) is 0 Å². The molecule has 104 valence electrons. The first kappa shape index (κ1) is 15.7. The minimum absolute atomic E-state index is 0.115. The van der Waals surface area contributed by atoms with Crippen LogP contribution in [0.1, 0.15) is 32.5 Å². The van der Waals surface area contributed by atoms with Gasteiger partial charge in [-0.2, -0.15) is 0 Å². The number of imidazole rings is 1. The number of H-pyrrole nitrogens is 1. The first-order chi connectivity index (χ1) is 8.40. The zero-order valence-electron chi connectivity index (χ0n) is 10.9. The number of rotatable bonds is 7. The van der Waals surface area contributed by atoms with Crippen LogP contribution in [0.15, 0.2) is 11.2 Å². The van der Waals surface area contributed by atoms with Gasteiger partial charge in [0.05, 0.1) is 6.20 Å². The maximum absolute atomic E-state index is 11.9. The van der Waals surface area contributed by atoms with Gasteiger partial charge in [-0.05, 0) is 12.8 Å². The highest BCUT2D eigenvalue weighted by molar-refractivity contribution is 9.09. The lowest BCUT2D eigenvalue weighted by Crippen LogP contribution is -2.33. The smallest absolute Gasteiger partial charge is 0.257 e. The highest BCUT2D eigenvalue weighted by atomic mass is 79.9. The van der Waals surface area contributed by atoms with Gasteiger partial charge in [0.25, 0.3) is 10.0 Å². The van der Waals surface area contributed by atoms with E-state index in [1.54, 1.807) is 6.92 Å². The second-order valence-corrected chi connectivity index (χ2v) is 7.19. The van der Waals surface area contributed by atoms with Gasteiger partial charge in [0, 0.05) is 11.4 Å². The zero-order chi connectivity index (χ0) is 13.8. The molecule has 0 aliphatic carbocycles. The highest BCUT2D eigenvalue weighted by Crippen LogP contribution is 2.20. The summed E-state index contributed by atoms with van der Waals surface area (Å²) >= 11 is 3.54. The minimum Gasteiger partial charge on any atom is -0.332 e. The fourth-order valence-electron chi connectivity index (χ4n) is 1.77. The van der Waals surface area contributed by atoms with Crippen molar-refractivity contribution in [3.8, 4) is 0 Å². The van der Waals surface area contributed by atoms with Crippen molar-refractivity contribution in [2.75, 3.05) is 6.54 Å². The van der Waals surface area contributed by atoms with Crippen molar-refractivity contribution in [2.45, 2.75) is 43.5 Å². The van der Waals surface area contributed by atoms with E-state index in [0.717, 1.165) is 12.8 Å². The summed E-state index contributed by atoms with van der Waals surface area (Å²) in [4.78, 5) is 6.76. The number of hydrogen-bond donors (Lipinski definition) is 2. The van der Waals surface area contributed by atoms with E-state index in [1.807, 2.05) is 0 Å². The van der Waals surface area contributed by atoms with Crippen LogP contribution >= 0.6 is 15.9 Å². The van der Waals surface area contributed by atoms with Crippen molar-refractivity contribution in [3.05, 3.63) is 12.0 Å². The molecule has 0 amide bonds. The maximum Gasteiger partial charge on any atom is 0.257 e. The third-order valence-electron chi connectivity index (χ3n) is 3.00. The number of aromatic nitrogens is 2. The molecule has 0 bridgehead atoms. The van der Waals surface area contributed by atoms with Gasteiger partial charge in [-0.15, -0.1) is 0 Å². The number of hydrogen-bond acceptors (Lipinski definition) is 3. The van der Waals surface area contributed by atoms with E-state index in [1.165, 1.54) is 6.20 Å². The van der Waals surface area contributed by atoms with E-state index in [9.17, 15) is 8.42 Å². The van der Waals surface area contributed by atoms with E-state index in [-0.39, 0.29) is 9.85 Å². The van der Waals surface area contributed by atoms with Crippen LogP contribution in [0.2, 0.25) is 0 Å². The van der Waals surface area contributed by atoms with Gasteiger partial charge in [0.15, 0.2) is 5.03 Å². The minimum atomic E-state index is -3.48. The average Bonchev–Trinajstić information content (AvgIpc) is 2.76. The Morgan fingerprint density at radius 3 is 2.50 bits per heavy atom. The van der Waals surface area contributed by atoms with Crippen LogP contribution in [-0.4, -0.2) is 29.8 Å².